The molecule has 1 aromatic carbocycles. The minimum atomic E-state index is -1.12. The van der Waals surface area contributed by atoms with Gasteiger partial charge in [-0.2, -0.15) is 0 Å². The summed E-state index contributed by atoms with van der Waals surface area (Å²) < 4.78 is 0. The van der Waals surface area contributed by atoms with Crippen LogP contribution in [0.1, 0.15) is 59.9 Å². The molecule has 1 unspecified atom stereocenters. The molecule has 5 rings (SSSR count). The number of anilines is 3. The number of rotatable bonds is 7. The van der Waals surface area contributed by atoms with Crippen LogP contribution in [0.2, 0.25) is 0 Å². The van der Waals surface area contributed by atoms with Gasteiger partial charge in [0.1, 0.15) is 17.8 Å². The normalized spacial score (nSPS) is 17.9. The fraction of sp³-hybridized carbons (Fsp3) is 0.357. The first kappa shape index (κ1) is 25.5. The molecule has 0 saturated carbocycles. The Bertz CT molecular complexity index is 1340. The maximum atomic E-state index is 13.3. The number of nitrogens with zero attached hydrogens (tertiary/aromatic N) is 3. The number of amides is 2. The summed E-state index contributed by atoms with van der Waals surface area (Å²) in [5.41, 5.74) is 3.68. The number of carboxylic acid groups (broad SMARTS) is 1. The van der Waals surface area contributed by atoms with E-state index in [0.717, 1.165) is 35.6 Å². The van der Waals surface area contributed by atoms with Gasteiger partial charge in [-0.3, -0.25) is 10.1 Å². The first-order valence-corrected chi connectivity index (χ1v) is 12.9. The van der Waals surface area contributed by atoms with Crippen LogP contribution in [-0.4, -0.2) is 46.7 Å². The van der Waals surface area contributed by atoms with Gasteiger partial charge < -0.3 is 26.0 Å². The molecule has 1 atom stereocenters. The quantitative estimate of drug-likeness (QED) is 0.318. The minimum Gasteiger partial charge on any atom is -0.465 e. The lowest BCUT2D eigenvalue weighted by atomic mass is 9.78. The second kappa shape index (κ2) is 10.7. The van der Waals surface area contributed by atoms with E-state index in [-0.39, 0.29) is 11.3 Å². The van der Waals surface area contributed by atoms with Gasteiger partial charge in [-0.1, -0.05) is 19.9 Å². The largest absolute Gasteiger partial charge is 0.465 e. The molecule has 5 N–H and O–H groups in total. The van der Waals surface area contributed by atoms with E-state index in [1.807, 2.05) is 30.5 Å². The van der Waals surface area contributed by atoms with Crippen molar-refractivity contribution in [2.24, 2.45) is 0 Å². The van der Waals surface area contributed by atoms with E-state index in [4.69, 9.17) is 0 Å². The standard InChI is InChI=1S/C28H33N7O3/c1-28(2)17-32-25(34-27(37)38)21-15-19(7-8-22(21)28)33-26(36)20-6-5-10-30-24(20)31-16-18-9-11-29-23(14-18)35-12-3-4-13-35/h5-11,14-15,25,32,34H,3-4,12-13,16-17H2,1-2H3,(H,30,31)(H,33,36)(H,37,38). The van der Waals surface area contributed by atoms with Crippen molar-refractivity contribution in [2.75, 3.05) is 35.2 Å². The number of aromatic nitrogens is 2. The predicted octanol–water partition coefficient (Wildman–Crippen LogP) is 4.09. The Labute approximate surface area is 221 Å². The van der Waals surface area contributed by atoms with Crippen LogP contribution in [0.15, 0.2) is 54.9 Å². The topological polar surface area (TPSA) is 132 Å². The third-order valence-electron chi connectivity index (χ3n) is 7.12. The Morgan fingerprint density at radius 1 is 1.11 bits per heavy atom. The molecule has 4 heterocycles. The second-order valence-electron chi connectivity index (χ2n) is 10.4. The van der Waals surface area contributed by atoms with Crippen molar-refractivity contribution in [3.63, 3.8) is 0 Å². The van der Waals surface area contributed by atoms with Gasteiger partial charge in [0.25, 0.3) is 5.91 Å². The molecule has 0 spiro atoms. The molecule has 0 bridgehead atoms. The van der Waals surface area contributed by atoms with Crippen molar-refractivity contribution in [1.82, 2.24) is 20.6 Å². The minimum absolute atomic E-state index is 0.184. The van der Waals surface area contributed by atoms with E-state index < -0.39 is 12.3 Å². The molecule has 2 aliphatic rings. The summed E-state index contributed by atoms with van der Waals surface area (Å²) in [6.07, 6.45) is 4.16. The smallest absolute Gasteiger partial charge is 0.406 e. The molecule has 0 aliphatic carbocycles. The van der Waals surface area contributed by atoms with Gasteiger partial charge >= 0.3 is 6.09 Å². The molecule has 10 nitrogen and oxygen atoms in total. The Balaban J connectivity index is 1.32. The van der Waals surface area contributed by atoms with Crippen LogP contribution in [0.25, 0.3) is 0 Å². The van der Waals surface area contributed by atoms with Crippen LogP contribution in [0, 0.1) is 0 Å². The summed E-state index contributed by atoms with van der Waals surface area (Å²) in [4.78, 5) is 35.8. The van der Waals surface area contributed by atoms with Gasteiger partial charge in [0, 0.05) is 49.7 Å². The fourth-order valence-electron chi connectivity index (χ4n) is 5.11. The van der Waals surface area contributed by atoms with Crippen molar-refractivity contribution >= 4 is 29.3 Å². The predicted molar refractivity (Wildman–Crippen MR) is 147 cm³/mol. The molecule has 1 saturated heterocycles. The third-order valence-corrected chi connectivity index (χ3v) is 7.12. The molecule has 198 valence electrons. The van der Waals surface area contributed by atoms with Crippen molar-refractivity contribution in [3.05, 3.63) is 77.1 Å². The van der Waals surface area contributed by atoms with Crippen molar-refractivity contribution < 1.29 is 14.7 Å². The summed E-state index contributed by atoms with van der Waals surface area (Å²) in [7, 11) is 0. The maximum absolute atomic E-state index is 13.3. The number of hydrogen-bond donors (Lipinski definition) is 5. The summed E-state index contributed by atoms with van der Waals surface area (Å²) in [6.45, 7) is 7.37. The fourth-order valence-corrected chi connectivity index (χ4v) is 5.11. The van der Waals surface area contributed by atoms with Gasteiger partial charge in [-0.05, 0) is 65.9 Å². The van der Waals surface area contributed by atoms with E-state index in [1.54, 1.807) is 18.3 Å². The van der Waals surface area contributed by atoms with Gasteiger partial charge in [0.05, 0.1) is 5.56 Å². The highest BCUT2D eigenvalue weighted by molar-refractivity contribution is 6.07. The van der Waals surface area contributed by atoms with E-state index in [9.17, 15) is 14.7 Å². The van der Waals surface area contributed by atoms with Crippen molar-refractivity contribution in [1.29, 1.82) is 0 Å². The number of carbonyl (C=O) groups excluding carboxylic acids is 1. The Morgan fingerprint density at radius 2 is 1.92 bits per heavy atom. The molecule has 10 heteroatoms. The van der Waals surface area contributed by atoms with E-state index in [1.165, 1.54) is 12.8 Å². The van der Waals surface area contributed by atoms with Crippen LogP contribution in [0.3, 0.4) is 0 Å². The average molecular weight is 516 g/mol. The SMILES string of the molecule is CC1(C)CNC(NC(=O)O)c2cc(NC(=O)c3cccnc3NCc3ccnc(N4CCCC4)c3)ccc21. The molecular formula is C28H33N7O3. The maximum Gasteiger partial charge on any atom is 0.406 e. The zero-order valence-electron chi connectivity index (χ0n) is 21.6. The molecular weight excluding hydrogens is 482 g/mol. The molecule has 1 fully saturated rings. The van der Waals surface area contributed by atoms with Crippen molar-refractivity contribution in [3.8, 4) is 0 Å². The molecule has 2 amide bonds. The summed E-state index contributed by atoms with van der Waals surface area (Å²) in [5.74, 6) is 1.15. The van der Waals surface area contributed by atoms with Crippen LogP contribution in [0.4, 0.5) is 22.1 Å². The number of nitrogens with one attached hydrogen (secondary N) is 4. The zero-order valence-corrected chi connectivity index (χ0v) is 21.6. The summed E-state index contributed by atoms with van der Waals surface area (Å²) >= 11 is 0. The molecule has 38 heavy (non-hydrogen) atoms. The van der Waals surface area contributed by atoms with Gasteiger partial charge in [0.15, 0.2) is 0 Å². The first-order chi connectivity index (χ1) is 18.3. The lowest BCUT2D eigenvalue weighted by Gasteiger charge is -2.38. The molecule has 0 radical (unpaired) electrons. The van der Waals surface area contributed by atoms with Crippen LogP contribution in [0.5, 0.6) is 0 Å². The highest BCUT2D eigenvalue weighted by atomic mass is 16.4. The summed E-state index contributed by atoms with van der Waals surface area (Å²) in [6, 6.07) is 13.1. The van der Waals surface area contributed by atoms with Crippen LogP contribution < -0.4 is 26.2 Å². The Hall–Kier alpha value is -4.18. The number of benzene rings is 1. The number of fused-ring (bicyclic) bond motifs is 1. The number of pyridine rings is 2. The highest BCUT2D eigenvalue weighted by Crippen LogP contribution is 2.35. The number of hydrogen-bond acceptors (Lipinski definition) is 7. The monoisotopic (exact) mass is 515 g/mol. The summed E-state index contributed by atoms with van der Waals surface area (Å²) in [5, 5.41) is 21.3. The molecule has 2 aromatic heterocycles. The van der Waals surface area contributed by atoms with Gasteiger partial charge in [-0.15, -0.1) is 0 Å². The molecule has 3 aromatic rings. The molecule has 2 aliphatic heterocycles. The Morgan fingerprint density at radius 3 is 2.71 bits per heavy atom. The van der Waals surface area contributed by atoms with E-state index in [0.29, 0.717) is 30.2 Å². The zero-order chi connectivity index (χ0) is 26.7. The number of carbonyl (C=O) groups is 2. The first-order valence-electron chi connectivity index (χ1n) is 12.9. The highest BCUT2D eigenvalue weighted by Gasteiger charge is 2.33. The average Bonchev–Trinajstić information content (AvgIpc) is 3.45. The van der Waals surface area contributed by atoms with Crippen LogP contribution in [-0.2, 0) is 12.0 Å². The van der Waals surface area contributed by atoms with Crippen molar-refractivity contribution in [2.45, 2.75) is 44.8 Å². The van der Waals surface area contributed by atoms with E-state index in [2.05, 4.69) is 56.0 Å². The van der Waals surface area contributed by atoms with E-state index >= 15 is 0 Å². The van der Waals surface area contributed by atoms with Crippen LogP contribution >= 0.6 is 0 Å². The third kappa shape index (κ3) is 5.55. The lowest BCUT2D eigenvalue weighted by molar-refractivity contribution is 0.102. The van der Waals surface area contributed by atoms with Gasteiger partial charge in [-0.25, -0.2) is 14.8 Å². The second-order valence-corrected chi connectivity index (χ2v) is 10.4. The Kier molecular flexibility index (Phi) is 7.15. The van der Waals surface area contributed by atoms with Gasteiger partial charge in [0.2, 0.25) is 0 Å². The lowest BCUT2D eigenvalue weighted by Crippen LogP contribution is -2.48.